The zero-order valence-corrected chi connectivity index (χ0v) is 67.4. The Labute approximate surface area is 590 Å². The summed E-state index contributed by atoms with van der Waals surface area (Å²) >= 11 is 10.0. The Balaban J connectivity index is 0.000000168. The molecule has 0 nitrogen and oxygen atoms in total. The van der Waals surface area contributed by atoms with E-state index in [2.05, 4.69) is 380 Å². The first kappa shape index (κ1) is 72.1. The van der Waals surface area contributed by atoms with Gasteiger partial charge in [-0.25, -0.2) is 0 Å². The van der Waals surface area contributed by atoms with Crippen LogP contribution in [0, 0.1) is 69.7 Å². The molecule has 0 radical (unpaired) electrons. The smallest absolute Gasteiger partial charge is 0.0197 e. The second-order valence-electron chi connectivity index (χ2n) is 31.9. The van der Waals surface area contributed by atoms with Crippen molar-refractivity contribution in [2.75, 3.05) is 0 Å². The van der Waals surface area contributed by atoms with Gasteiger partial charge in [0, 0.05) is 20.7 Å². The Hall–Kier alpha value is -3.32. The Bertz CT molecular complexity index is 3800. The maximum atomic E-state index is 2.53. The second-order valence-corrected chi connectivity index (χ2v) is 36.4. The van der Waals surface area contributed by atoms with Crippen LogP contribution in [0.25, 0.3) is 22.3 Å². The summed E-state index contributed by atoms with van der Waals surface area (Å²) in [6.45, 7) is 59.6. The van der Waals surface area contributed by atoms with Crippen molar-refractivity contribution in [3.05, 3.63) is 246 Å². The van der Waals surface area contributed by atoms with Crippen molar-refractivity contribution in [3.63, 3.8) is 0 Å². The van der Waals surface area contributed by atoms with E-state index in [1.54, 1.807) is 0 Å². The van der Waals surface area contributed by atoms with Gasteiger partial charge in [0.2, 0.25) is 0 Å². The molecule has 0 amide bonds. The van der Waals surface area contributed by atoms with E-state index in [0.29, 0.717) is 0 Å². The molecule has 8 aromatic carbocycles. The quantitative estimate of drug-likeness (QED) is 0.154. The van der Waals surface area contributed by atoms with Gasteiger partial charge in [0.05, 0.1) is 0 Å². The van der Waals surface area contributed by atoms with E-state index in [0.717, 1.165) is 25.7 Å². The first-order valence-corrected chi connectivity index (χ1v) is 36.3. The van der Waals surface area contributed by atoms with E-state index in [-0.39, 0.29) is 32.5 Å². The van der Waals surface area contributed by atoms with Gasteiger partial charge in [-0.3, -0.25) is 0 Å². The minimum absolute atomic E-state index is 0.182. The van der Waals surface area contributed by atoms with Crippen LogP contribution >= 0.6 is 90.4 Å². The molecule has 2 aliphatic rings. The first-order chi connectivity index (χ1) is 40.4. The monoisotopic (exact) mass is 1620 g/mol. The lowest BCUT2D eigenvalue weighted by Crippen LogP contribution is -2.16. The highest BCUT2D eigenvalue weighted by Gasteiger charge is 2.31. The number of halogens is 4. The molecule has 0 saturated carbocycles. The van der Waals surface area contributed by atoms with E-state index in [1.165, 1.54) is 159 Å². The summed E-state index contributed by atoms with van der Waals surface area (Å²) in [6.07, 6.45) is 4.21. The molecule has 0 spiro atoms. The van der Waals surface area contributed by atoms with E-state index < -0.39 is 0 Å². The SMILES string of the molecule is Cc1c(C(C)(C)C)ccc(Cc2ccc(C(C)(C)C)c(C)c2I)c1I.Cc1cc2c(c(C)c1C(C)(C)C)-c1c(ccc(C(C)(C)C)c1C)C2.Cc1cc2c(cc1C(C)(C)C)-c1ccccc1C2.Cc1cccc(I)c1Cc1c(C)cc(C(C)(C)C)cc1I. The molecule has 0 heterocycles. The summed E-state index contributed by atoms with van der Waals surface area (Å²) in [5, 5.41) is 0. The molecule has 0 N–H and O–H groups in total. The van der Waals surface area contributed by atoms with Gasteiger partial charge < -0.3 is 0 Å². The minimum Gasteiger partial charge on any atom is -0.0619 e. The van der Waals surface area contributed by atoms with Gasteiger partial charge >= 0.3 is 0 Å². The third-order valence-electron chi connectivity index (χ3n) is 18.5. The van der Waals surface area contributed by atoms with Crippen LogP contribution in [-0.2, 0) is 58.2 Å². The number of hydrogen-bond acceptors (Lipinski definition) is 0. The van der Waals surface area contributed by atoms with Gasteiger partial charge in [-0.2, -0.15) is 0 Å². The Morgan fingerprint density at radius 2 is 0.795 bits per heavy atom. The van der Waals surface area contributed by atoms with Crippen LogP contribution in [0.15, 0.2) is 109 Å². The van der Waals surface area contributed by atoms with Crippen molar-refractivity contribution in [2.24, 2.45) is 0 Å². The Kier molecular flexibility index (Phi) is 22.4. The van der Waals surface area contributed by atoms with Gasteiger partial charge in [0.25, 0.3) is 0 Å². The summed E-state index contributed by atoms with van der Waals surface area (Å²) in [7, 11) is 0. The Morgan fingerprint density at radius 1 is 0.318 bits per heavy atom. The highest BCUT2D eigenvalue weighted by atomic mass is 127. The third-order valence-corrected chi connectivity index (χ3v) is 23.4. The van der Waals surface area contributed by atoms with Crippen LogP contribution in [0.3, 0.4) is 0 Å². The van der Waals surface area contributed by atoms with Crippen molar-refractivity contribution < 1.29 is 0 Å². The van der Waals surface area contributed by atoms with Crippen molar-refractivity contribution in [3.8, 4) is 22.3 Å². The predicted octanol–water partition coefficient (Wildman–Crippen LogP) is 25.7. The fourth-order valence-corrected chi connectivity index (χ4v) is 17.3. The lowest BCUT2D eigenvalue weighted by atomic mass is 9.77. The molecule has 8 aromatic rings. The number of fused-ring (bicyclic) bond motifs is 6. The first-order valence-electron chi connectivity index (χ1n) is 32.0. The lowest BCUT2D eigenvalue weighted by Gasteiger charge is -2.28. The normalized spacial score (nSPS) is 12.9. The van der Waals surface area contributed by atoms with Crippen molar-refractivity contribution in [2.45, 2.75) is 238 Å². The van der Waals surface area contributed by atoms with Crippen LogP contribution < -0.4 is 0 Å². The standard InChI is InChI=1S/C24H32.C23H30I2.C19H22I2.C18H20/c1-14-12-18-13-17-10-11-19(23(4,5)6)15(2)20(17)21(18)16(3)22(14)24(7,8)9;1-14-18(22(3,4)5)11-9-16(20(14)24)13-17-10-12-19(23(6,7)8)15(2)21(17)25;1-12-7-6-8-17(20)15(12)11-16-13(2)9-14(10-18(16)21)19(3,4)5;1-12-9-14-10-13-7-5-6-8-15(13)16(14)11-17(12)18(2,3)4/h10-12H,13H2,1-9H3;9-12H,13H2,1-8H3;6-10H,11H2,1-5H3;5-9,11H,10H2,1-4H3. The molecular formula is C84H104I4. The molecule has 10 rings (SSSR count). The number of hydrogen-bond donors (Lipinski definition) is 0. The van der Waals surface area contributed by atoms with E-state index >= 15 is 0 Å². The predicted molar refractivity (Wildman–Crippen MR) is 422 cm³/mol. The topological polar surface area (TPSA) is 0 Å². The summed E-state index contributed by atoms with van der Waals surface area (Å²) < 4.78 is 5.58. The molecule has 0 unspecified atom stereocenters. The maximum absolute atomic E-state index is 2.53. The van der Waals surface area contributed by atoms with Gasteiger partial charge in [0.15, 0.2) is 0 Å². The molecule has 2 aliphatic carbocycles. The highest BCUT2D eigenvalue weighted by molar-refractivity contribution is 14.1. The van der Waals surface area contributed by atoms with Crippen LogP contribution in [0.4, 0.5) is 0 Å². The van der Waals surface area contributed by atoms with Gasteiger partial charge in [-0.05, 0) is 354 Å². The molecule has 0 aromatic heterocycles. The third kappa shape index (κ3) is 16.2. The number of aryl methyl sites for hydroxylation is 4. The summed E-state index contributed by atoms with van der Waals surface area (Å²) in [5.41, 5.74) is 39.2. The average Bonchev–Trinajstić information content (AvgIpc) is 1.56. The van der Waals surface area contributed by atoms with E-state index in [9.17, 15) is 0 Å². The van der Waals surface area contributed by atoms with Gasteiger partial charge in [-0.1, -0.05) is 222 Å². The molecule has 4 heteroatoms. The minimum atomic E-state index is 0.182. The van der Waals surface area contributed by atoms with Gasteiger partial charge in [-0.15, -0.1) is 0 Å². The number of rotatable bonds is 4. The molecule has 0 bridgehead atoms. The summed E-state index contributed by atoms with van der Waals surface area (Å²) in [5.74, 6) is 0. The fraction of sp³-hybridized carbons (Fsp3) is 0.429. The molecule has 88 heavy (non-hydrogen) atoms. The lowest BCUT2D eigenvalue weighted by molar-refractivity contribution is 0.581. The summed E-state index contributed by atoms with van der Waals surface area (Å²) in [6, 6.07) is 41.3. The van der Waals surface area contributed by atoms with Crippen LogP contribution in [0.5, 0.6) is 0 Å². The number of benzene rings is 8. The zero-order valence-electron chi connectivity index (χ0n) is 58.7. The van der Waals surface area contributed by atoms with Crippen LogP contribution in [-0.4, -0.2) is 0 Å². The van der Waals surface area contributed by atoms with Crippen molar-refractivity contribution >= 4 is 90.4 Å². The molecule has 0 aliphatic heterocycles. The van der Waals surface area contributed by atoms with Crippen molar-refractivity contribution in [1.29, 1.82) is 0 Å². The average molecular weight is 1620 g/mol. The van der Waals surface area contributed by atoms with Crippen LogP contribution in [0.1, 0.15) is 247 Å². The molecule has 0 saturated heterocycles. The zero-order chi connectivity index (χ0) is 65.9. The Morgan fingerprint density at radius 3 is 1.30 bits per heavy atom. The molecular weight excluding hydrogens is 1520 g/mol. The second kappa shape index (κ2) is 27.3. The van der Waals surface area contributed by atoms with Gasteiger partial charge in [0.1, 0.15) is 0 Å². The van der Waals surface area contributed by atoms with E-state index in [4.69, 9.17) is 0 Å². The van der Waals surface area contributed by atoms with Crippen molar-refractivity contribution in [1.82, 2.24) is 0 Å². The molecule has 0 fully saturated rings. The largest absolute Gasteiger partial charge is 0.0619 e. The summed E-state index contributed by atoms with van der Waals surface area (Å²) in [4.78, 5) is 0. The maximum Gasteiger partial charge on any atom is 0.0197 e. The molecule has 468 valence electrons. The van der Waals surface area contributed by atoms with E-state index in [1.807, 2.05) is 0 Å². The van der Waals surface area contributed by atoms with Crippen LogP contribution in [0.2, 0.25) is 0 Å². The fourth-order valence-electron chi connectivity index (χ4n) is 14.2. The molecule has 0 atom stereocenters. The highest BCUT2D eigenvalue weighted by Crippen LogP contribution is 2.48.